The molecule has 0 bridgehead atoms. The number of nitrogens with zero attached hydrogens (tertiary/aromatic N) is 3. The maximum absolute atomic E-state index is 13.6. The molecular weight excluding hydrogens is 605 g/mol. The molecule has 0 aromatic heterocycles. The zero-order valence-corrected chi connectivity index (χ0v) is 27.9. The van der Waals surface area contributed by atoms with Gasteiger partial charge in [0.05, 0.1) is 30.7 Å². The van der Waals surface area contributed by atoms with Gasteiger partial charge in [0, 0.05) is 45.5 Å². The highest BCUT2D eigenvalue weighted by molar-refractivity contribution is 6.09. The van der Waals surface area contributed by atoms with Crippen LogP contribution in [-0.2, 0) is 16.0 Å². The lowest BCUT2D eigenvalue weighted by molar-refractivity contribution is 0.0955. The predicted octanol–water partition coefficient (Wildman–Crippen LogP) is 4.67. The molecule has 3 aromatic rings. The van der Waals surface area contributed by atoms with E-state index in [9.17, 15) is 14.0 Å². The van der Waals surface area contributed by atoms with E-state index in [1.165, 1.54) is 36.5 Å². The topological polar surface area (TPSA) is 114 Å². The van der Waals surface area contributed by atoms with Gasteiger partial charge in [-0.3, -0.25) is 9.59 Å². The number of nitrogens with one attached hydrogen (secondary N) is 2. The Balaban J connectivity index is 1.88. The van der Waals surface area contributed by atoms with Gasteiger partial charge >= 0.3 is 0 Å². The third-order valence-corrected chi connectivity index (χ3v) is 7.23. The first-order valence-electron chi connectivity index (χ1n) is 15.6. The van der Waals surface area contributed by atoms with Crippen molar-refractivity contribution in [1.82, 2.24) is 15.2 Å². The Bertz CT molecular complexity index is 1470. The van der Waals surface area contributed by atoms with Crippen molar-refractivity contribution < 1.29 is 32.9 Å². The molecule has 0 fully saturated rings. The summed E-state index contributed by atoms with van der Waals surface area (Å²) in [5, 5.41) is 6.85. The fourth-order valence-electron chi connectivity index (χ4n) is 4.61. The number of benzene rings is 3. The van der Waals surface area contributed by atoms with Gasteiger partial charge in [-0.25, -0.2) is 9.82 Å². The summed E-state index contributed by atoms with van der Waals surface area (Å²) in [4.78, 5) is 31.6. The zero-order valence-electron chi connectivity index (χ0n) is 27.9. The molecule has 3 aromatic carbocycles. The van der Waals surface area contributed by atoms with Crippen LogP contribution in [0.3, 0.4) is 0 Å². The number of likely N-dealkylation sites (N-methyl/N-ethyl adjacent to an activating group) is 2. The summed E-state index contributed by atoms with van der Waals surface area (Å²) >= 11 is 0. The van der Waals surface area contributed by atoms with Gasteiger partial charge in [-0.15, -0.1) is 0 Å². The van der Waals surface area contributed by atoms with Crippen molar-refractivity contribution in [2.24, 2.45) is 5.10 Å². The maximum atomic E-state index is 13.6. The second kappa shape index (κ2) is 20.0. The monoisotopic (exact) mass is 651 g/mol. The molecule has 47 heavy (non-hydrogen) atoms. The number of carbonyl (C=O) groups excluding carboxylic acids is 2. The van der Waals surface area contributed by atoms with E-state index in [1.807, 2.05) is 18.2 Å². The molecule has 0 radical (unpaired) electrons. The highest BCUT2D eigenvalue weighted by Gasteiger charge is 2.20. The summed E-state index contributed by atoms with van der Waals surface area (Å²) in [6, 6.07) is 16.2. The minimum atomic E-state index is -0.628. The average Bonchev–Trinajstić information content (AvgIpc) is 3.06. The van der Waals surface area contributed by atoms with Crippen LogP contribution in [0.5, 0.6) is 11.5 Å². The van der Waals surface area contributed by atoms with E-state index in [-0.39, 0.29) is 30.2 Å². The first-order valence-corrected chi connectivity index (χ1v) is 15.6. The number of hydrazone groups is 1. The number of halogens is 1. The molecule has 11 nitrogen and oxygen atoms in total. The highest BCUT2D eigenvalue weighted by Crippen LogP contribution is 2.34. The molecule has 12 heteroatoms. The second-order valence-corrected chi connectivity index (χ2v) is 10.7. The number of amides is 2. The quantitative estimate of drug-likeness (QED) is 0.103. The minimum absolute atomic E-state index is 0.0774. The van der Waals surface area contributed by atoms with Gasteiger partial charge in [0.25, 0.3) is 11.8 Å². The molecule has 2 N–H and O–H groups in total. The standard InChI is InChI=1S/C35H46FN5O6/c1-6-41(7-2)15-14-40(3)25-27-11-8-12-28(20-27)34(42)38-31-23-33(47-19-17-45-5)32(46-18-16-44-4)22-30(31)35(43)39-37-24-26-10-9-13-29(36)21-26/h8-13,20-24H,6-7,14-19,25H2,1-5H3,(H,38,42)(H,39,43). The van der Waals surface area contributed by atoms with Crippen molar-refractivity contribution in [3.05, 3.63) is 88.7 Å². The van der Waals surface area contributed by atoms with Crippen molar-refractivity contribution in [1.29, 1.82) is 0 Å². The third-order valence-electron chi connectivity index (χ3n) is 7.23. The Hall–Kier alpha value is -4.36. The van der Waals surface area contributed by atoms with Crippen LogP contribution in [0.4, 0.5) is 10.1 Å². The Labute approximate surface area is 276 Å². The molecule has 0 spiro atoms. The normalized spacial score (nSPS) is 11.3. The molecule has 3 rings (SSSR count). The van der Waals surface area contributed by atoms with Crippen LogP contribution in [0.15, 0.2) is 65.8 Å². The van der Waals surface area contributed by atoms with Gasteiger partial charge < -0.3 is 34.1 Å². The number of rotatable bonds is 20. The molecule has 0 unspecified atom stereocenters. The zero-order chi connectivity index (χ0) is 34.0. The van der Waals surface area contributed by atoms with Crippen LogP contribution in [0.25, 0.3) is 0 Å². The van der Waals surface area contributed by atoms with Crippen LogP contribution in [0.1, 0.15) is 45.7 Å². The Kier molecular flexibility index (Phi) is 15.8. The first-order chi connectivity index (χ1) is 22.8. The first kappa shape index (κ1) is 37.1. The van der Waals surface area contributed by atoms with Crippen molar-refractivity contribution in [2.45, 2.75) is 20.4 Å². The number of hydrogen-bond donors (Lipinski definition) is 2. The molecular formula is C35H46FN5O6. The number of anilines is 1. The largest absolute Gasteiger partial charge is 0.487 e. The Morgan fingerprint density at radius 3 is 2.19 bits per heavy atom. The Morgan fingerprint density at radius 2 is 1.53 bits per heavy atom. The lowest BCUT2D eigenvalue weighted by atomic mass is 10.1. The van der Waals surface area contributed by atoms with Crippen molar-refractivity contribution >= 4 is 23.7 Å². The molecule has 0 aliphatic carbocycles. The van der Waals surface area contributed by atoms with Gasteiger partial charge in [0.15, 0.2) is 11.5 Å². The third kappa shape index (κ3) is 12.4. The van der Waals surface area contributed by atoms with Gasteiger partial charge in [0.2, 0.25) is 0 Å². The molecule has 0 aliphatic heterocycles. The van der Waals surface area contributed by atoms with E-state index < -0.39 is 17.6 Å². The molecule has 0 saturated carbocycles. The lowest BCUT2D eigenvalue weighted by Gasteiger charge is -2.23. The number of ether oxygens (including phenoxy) is 4. The SMILES string of the molecule is CCN(CC)CCN(C)Cc1cccc(C(=O)Nc2cc(OCCOC)c(OCCOC)cc2C(=O)NN=Cc2cccc(F)c2)c1. The smallest absolute Gasteiger partial charge is 0.273 e. The van der Waals surface area contributed by atoms with E-state index in [4.69, 9.17) is 18.9 Å². The number of methoxy groups -OCH3 is 2. The van der Waals surface area contributed by atoms with E-state index in [1.54, 1.807) is 26.4 Å². The summed E-state index contributed by atoms with van der Waals surface area (Å²) < 4.78 is 35.6. The Morgan fingerprint density at radius 1 is 0.851 bits per heavy atom. The van der Waals surface area contributed by atoms with Crippen molar-refractivity contribution in [3.8, 4) is 11.5 Å². The summed E-state index contributed by atoms with van der Waals surface area (Å²) in [5.74, 6) is -0.896. The van der Waals surface area contributed by atoms with Gasteiger partial charge in [-0.2, -0.15) is 5.10 Å². The van der Waals surface area contributed by atoms with Crippen LogP contribution in [-0.4, -0.2) is 102 Å². The molecule has 0 aliphatic rings. The maximum Gasteiger partial charge on any atom is 0.273 e. The van der Waals surface area contributed by atoms with Gasteiger partial charge in [0.1, 0.15) is 19.0 Å². The minimum Gasteiger partial charge on any atom is -0.487 e. The van der Waals surface area contributed by atoms with Crippen LogP contribution < -0.4 is 20.2 Å². The molecule has 0 heterocycles. The predicted molar refractivity (Wildman–Crippen MR) is 181 cm³/mol. The van der Waals surface area contributed by atoms with E-state index in [0.717, 1.165) is 31.7 Å². The molecule has 2 amide bonds. The number of carbonyl (C=O) groups is 2. The fraction of sp³-hybridized carbons (Fsp3) is 0.400. The molecule has 0 atom stereocenters. The fourth-order valence-corrected chi connectivity index (χ4v) is 4.61. The van der Waals surface area contributed by atoms with Crippen molar-refractivity contribution in [3.63, 3.8) is 0 Å². The van der Waals surface area contributed by atoms with E-state index in [0.29, 0.717) is 36.6 Å². The van der Waals surface area contributed by atoms with Gasteiger partial charge in [-0.05, 0) is 61.6 Å². The van der Waals surface area contributed by atoms with E-state index in [2.05, 4.69) is 46.5 Å². The second-order valence-electron chi connectivity index (χ2n) is 10.7. The summed E-state index contributed by atoms with van der Waals surface area (Å²) in [5.41, 5.74) is 4.58. The number of hydrogen-bond acceptors (Lipinski definition) is 9. The van der Waals surface area contributed by atoms with Crippen LogP contribution >= 0.6 is 0 Å². The van der Waals surface area contributed by atoms with E-state index >= 15 is 0 Å². The molecule has 0 saturated heterocycles. The highest BCUT2D eigenvalue weighted by atomic mass is 19.1. The van der Waals surface area contributed by atoms with Crippen molar-refractivity contribution in [2.75, 3.05) is 79.2 Å². The summed E-state index contributed by atoms with van der Waals surface area (Å²) in [7, 11) is 5.16. The van der Waals surface area contributed by atoms with Crippen LogP contribution in [0, 0.1) is 5.82 Å². The average molecular weight is 652 g/mol. The summed E-state index contributed by atoms with van der Waals surface area (Å²) in [6.07, 6.45) is 1.32. The summed E-state index contributed by atoms with van der Waals surface area (Å²) in [6.45, 7) is 9.83. The molecule has 254 valence electrons. The van der Waals surface area contributed by atoms with Crippen LogP contribution in [0.2, 0.25) is 0 Å². The lowest BCUT2D eigenvalue weighted by Crippen LogP contribution is -2.32. The van der Waals surface area contributed by atoms with Gasteiger partial charge in [-0.1, -0.05) is 38.1 Å².